The number of hydrogen-bond donors (Lipinski definition) is 1. The van der Waals surface area contributed by atoms with Gasteiger partial charge in [-0.2, -0.15) is 0 Å². The fraction of sp³-hybridized carbons (Fsp3) is 0.800. The number of amides is 2. The van der Waals surface area contributed by atoms with E-state index in [1.54, 1.807) is 16.7 Å². The van der Waals surface area contributed by atoms with E-state index in [1.807, 2.05) is 6.92 Å². The molecule has 1 unspecified atom stereocenters. The molecule has 5 heteroatoms. The Morgan fingerprint density at radius 1 is 1.20 bits per heavy atom. The third-order valence-electron chi connectivity index (χ3n) is 2.57. The third kappa shape index (κ3) is 3.51. The van der Waals surface area contributed by atoms with Crippen LogP contribution in [0, 0.1) is 0 Å². The summed E-state index contributed by atoms with van der Waals surface area (Å²) in [6.45, 7) is 5.92. The highest BCUT2D eigenvalue weighted by Crippen LogP contribution is 2.04. The van der Waals surface area contributed by atoms with Gasteiger partial charge in [-0.15, -0.1) is 0 Å². The highest BCUT2D eigenvalue weighted by atomic mass is 16.2. The number of rotatable bonds is 2. The quantitative estimate of drug-likeness (QED) is 0.667. The van der Waals surface area contributed by atoms with Crippen molar-refractivity contribution in [3.63, 3.8) is 0 Å². The maximum absolute atomic E-state index is 11.6. The minimum absolute atomic E-state index is 0.0780. The standard InChI is InChI=1S/C10H19N3O2/c1-8(11)7-10(15)13-5-3-12(4-6-13)9(2)14/h8H,3-7,11H2,1-2H3. The van der Waals surface area contributed by atoms with Crippen LogP contribution in [0.3, 0.4) is 0 Å². The summed E-state index contributed by atoms with van der Waals surface area (Å²) in [5.74, 6) is 0.169. The molecule has 1 aliphatic heterocycles. The van der Waals surface area contributed by atoms with E-state index in [1.165, 1.54) is 0 Å². The van der Waals surface area contributed by atoms with E-state index in [-0.39, 0.29) is 17.9 Å². The van der Waals surface area contributed by atoms with Crippen molar-refractivity contribution in [3.8, 4) is 0 Å². The fourth-order valence-electron chi connectivity index (χ4n) is 1.68. The number of carbonyl (C=O) groups is 2. The second kappa shape index (κ2) is 5.11. The third-order valence-corrected chi connectivity index (χ3v) is 2.57. The van der Waals surface area contributed by atoms with Crippen molar-refractivity contribution in [2.24, 2.45) is 5.73 Å². The average Bonchev–Trinajstić information content (AvgIpc) is 2.17. The van der Waals surface area contributed by atoms with Crippen molar-refractivity contribution in [1.82, 2.24) is 9.80 Å². The van der Waals surface area contributed by atoms with Crippen LogP contribution in [0.5, 0.6) is 0 Å². The van der Waals surface area contributed by atoms with Crippen LogP contribution in [-0.4, -0.2) is 53.8 Å². The first-order chi connectivity index (χ1) is 7.00. The van der Waals surface area contributed by atoms with Gasteiger partial charge in [-0.3, -0.25) is 9.59 Å². The molecule has 5 nitrogen and oxygen atoms in total. The molecule has 0 radical (unpaired) electrons. The second-order valence-electron chi connectivity index (χ2n) is 4.07. The Morgan fingerprint density at radius 2 is 1.67 bits per heavy atom. The number of carbonyl (C=O) groups excluding carboxylic acids is 2. The van der Waals surface area contributed by atoms with Gasteiger partial charge in [0.05, 0.1) is 0 Å². The second-order valence-corrected chi connectivity index (χ2v) is 4.07. The molecule has 2 amide bonds. The summed E-state index contributed by atoms with van der Waals surface area (Å²) in [5.41, 5.74) is 5.56. The van der Waals surface area contributed by atoms with Gasteiger partial charge >= 0.3 is 0 Å². The van der Waals surface area contributed by atoms with E-state index in [4.69, 9.17) is 5.73 Å². The molecule has 0 aromatic carbocycles. The van der Waals surface area contributed by atoms with E-state index in [0.29, 0.717) is 32.6 Å². The lowest BCUT2D eigenvalue weighted by atomic mass is 10.2. The Hall–Kier alpha value is -1.10. The Morgan fingerprint density at radius 3 is 2.07 bits per heavy atom. The number of hydrogen-bond acceptors (Lipinski definition) is 3. The van der Waals surface area contributed by atoms with E-state index < -0.39 is 0 Å². The molecular formula is C10H19N3O2. The van der Waals surface area contributed by atoms with Crippen LogP contribution in [0.15, 0.2) is 0 Å². The molecule has 0 bridgehead atoms. The molecular weight excluding hydrogens is 194 g/mol. The normalized spacial score (nSPS) is 18.9. The molecule has 0 aromatic heterocycles. The Bertz CT molecular complexity index is 245. The van der Waals surface area contributed by atoms with Crippen LogP contribution in [0.2, 0.25) is 0 Å². The molecule has 2 N–H and O–H groups in total. The summed E-state index contributed by atoms with van der Waals surface area (Å²) in [7, 11) is 0. The Kier molecular flexibility index (Phi) is 4.08. The molecule has 0 aliphatic carbocycles. The van der Waals surface area contributed by atoms with Gasteiger partial charge in [0.2, 0.25) is 11.8 Å². The largest absolute Gasteiger partial charge is 0.339 e. The first-order valence-corrected chi connectivity index (χ1v) is 5.29. The monoisotopic (exact) mass is 213 g/mol. The zero-order valence-electron chi connectivity index (χ0n) is 9.40. The van der Waals surface area contributed by atoms with Crippen molar-refractivity contribution >= 4 is 11.8 Å². The summed E-state index contributed by atoms with van der Waals surface area (Å²) in [6.07, 6.45) is 0.389. The first kappa shape index (κ1) is 12.0. The SMILES string of the molecule is CC(=O)N1CCN(C(=O)CC(C)N)CC1. The van der Waals surface area contributed by atoms with Crippen LogP contribution in [0.25, 0.3) is 0 Å². The van der Waals surface area contributed by atoms with Crippen LogP contribution in [-0.2, 0) is 9.59 Å². The zero-order chi connectivity index (χ0) is 11.4. The van der Waals surface area contributed by atoms with Gasteiger partial charge < -0.3 is 15.5 Å². The lowest BCUT2D eigenvalue weighted by Crippen LogP contribution is -2.50. The lowest BCUT2D eigenvalue weighted by molar-refractivity contribution is -0.138. The average molecular weight is 213 g/mol. The Labute approximate surface area is 90.2 Å². The number of nitrogens with zero attached hydrogens (tertiary/aromatic N) is 2. The summed E-state index contributed by atoms with van der Waals surface area (Å²) >= 11 is 0. The van der Waals surface area contributed by atoms with Gasteiger partial charge in [-0.25, -0.2) is 0 Å². The smallest absolute Gasteiger partial charge is 0.224 e. The zero-order valence-corrected chi connectivity index (χ0v) is 9.40. The molecule has 86 valence electrons. The Balaban J connectivity index is 2.37. The van der Waals surface area contributed by atoms with Gasteiger partial charge in [0.25, 0.3) is 0 Å². The predicted octanol–water partition coefficient (Wildman–Crippen LogP) is -0.586. The van der Waals surface area contributed by atoms with E-state index in [9.17, 15) is 9.59 Å². The molecule has 1 rings (SSSR count). The van der Waals surface area contributed by atoms with Crippen molar-refractivity contribution in [2.45, 2.75) is 26.3 Å². The fourth-order valence-corrected chi connectivity index (χ4v) is 1.68. The molecule has 1 saturated heterocycles. The van der Waals surface area contributed by atoms with E-state index >= 15 is 0 Å². The van der Waals surface area contributed by atoms with Crippen LogP contribution in [0.4, 0.5) is 0 Å². The summed E-state index contributed by atoms with van der Waals surface area (Å²) in [5, 5.41) is 0. The van der Waals surface area contributed by atoms with Crippen LogP contribution >= 0.6 is 0 Å². The van der Waals surface area contributed by atoms with Crippen molar-refractivity contribution in [2.75, 3.05) is 26.2 Å². The molecule has 1 fully saturated rings. The minimum Gasteiger partial charge on any atom is -0.339 e. The highest BCUT2D eigenvalue weighted by molar-refractivity contribution is 5.77. The maximum atomic E-state index is 11.6. The topological polar surface area (TPSA) is 66.6 Å². The highest BCUT2D eigenvalue weighted by Gasteiger charge is 2.22. The van der Waals surface area contributed by atoms with Gasteiger partial charge in [-0.05, 0) is 6.92 Å². The molecule has 0 aromatic rings. The number of nitrogens with two attached hydrogens (primary N) is 1. The molecule has 1 atom stereocenters. The summed E-state index contributed by atoms with van der Waals surface area (Å²) in [4.78, 5) is 26.2. The molecule has 15 heavy (non-hydrogen) atoms. The molecule has 0 spiro atoms. The minimum atomic E-state index is -0.0941. The van der Waals surface area contributed by atoms with Gasteiger partial charge in [0.15, 0.2) is 0 Å². The maximum Gasteiger partial charge on any atom is 0.224 e. The van der Waals surface area contributed by atoms with Crippen molar-refractivity contribution in [3.05, 3.63) is 0 Å². The van der Waals surface area contributed by atoms with E-state index in [0.717, 1.165) is 0 Å². The van der Waals surface area contributed by atoms with E-state index in [2.05, 4.69) is 0 Å². The summed E-state index contributed by atoms with van der Waals surface area (Å²) < 4.78 is 0. The summed E-state index contributed by atoms with van der Waals surface area (Å²) in [6, 6.07) is -0.0941. The van der Waals surface area contributed by atoms with Crippen LogP contribution < -0.4 is 5.73 Å². The lowest BCUT2D eigenvalue weighted by Gasteiger charge is -2.34. The van der Waals surface area contributed by atoms with Crippen molar-refractivity contribution < 1.29 is 9.59 Å². The van der Waals surface area contributed by atoms with Gasteiger partial charge in [0, 0.05) is 45.6 Å². The predicted molar refractivity (Wildman–Crippen MR) is 57.1 cm³/mol. The molecule has 1 heterocycles. The first-order valence-electron chi connectivity index (χ1n) is 5.29. The molecule has 0 saturated carbocycles. The van der Waals surface area contributed by atoms with Gasteiger partial charge in [-0.1, -0.05) is 0 Å². The number of piperazine rings is 1. The molecule has 1 aliphatic rings. The van der Waals surface area contributed by atoms with Crippen LogP contribution in [0.1, 0.15) is 20.3 Å². The van der Waals surface area contributed by atoms with Crippen molar-refractivity contribution in [1.29, 1.82) is 0 Å². The van der Waals surface area contributed by atoms with Gasteiger partial charge in [0.1, 0.15) is 0 Å².